The lowest BCUT2D eigenvalue weighted by molar-refractivity contribution is 0.285. The first-order valence-electron chi connectivity index (χ1n) is 3.69. The number of thiophene rings is 1. The molecule has 13 heavy (non-hydrogen) atoms. The van der Waals surface area contributed by atoms with E-state index in [0.717, 1.165) is 13.8 Å². The highest BCUT2D eigenvalue weighted by molar-refractivity contribution is 9.13. The van der Waals surface area contributed by atoms with Gasteiger partial charge in [-0.3, -0.25) is 0 Å². The normalized spacial score (nSPS) is 11.0. The van der Waals surface area contributed by atoms with E-state index in [1.165, 1.54) is 10.1 Å². The molecule has 2 aromatic rings. The van der Waals surface area contributed by atoms with Crippen molar-refractivity contribution < 1.29 is 5.11 Å². The van der Waals surface area contributed by atoms with Crippen LogP contribution in [0.15, 0.2) is 27.1 Å². The van der Waals surface area contributed by atoms with Crippen LogP contribution < -0.4 is 0 Å². The van der Waals surface area contributed by atoms with E-state index < -0.39 is 0 Å². The van der Waals surface area contributed by atoms with Gasteiger partial charge in [0.05, 0.1) is 6.61 Å². The number of hydrogen-bond acceptors (Lipinski definition) is 2. The van der Waals surface area contributed by atoms with E-state index in [4.69, 9.17) is 5.11 Å². The molecular formula is C9H6Br2OS. The summed E-state index contributed by atoms with van der Waals surface area (Å²) in [4.78, 5) is 0.994. The van der Waals surface area contributed by atoms with Crippen LogP contribution in [0.3, 0.4) is 0 Å². The van der Waals surface area contributed by atoms with Gasteiger partial charge in [-0.05, 0) is 49.4 Å². The fourth-order valence-electron chi connectivity index (χ4n) is 1.18. The van der Waals surface area contributed by atoms with Crippen molar-refractivity contribution in [3.05, 3.63) is 32.0 Å². The Hall–Kier alpha value is 0.1000. The van der Waals surface area contributed by atoms with Crippen molar-refractivity contribution in [2.45, 2.75) is 6.61 Å². The number of hydrogen-bond donors (Lipinski definition) is 1. The van der Waals surface area contributed by atoms with Crippen molar-refractivity contribution in [3.8, 4) is 0 Å². The average Bonchev–Trinajstić information content (AvgIpc) is 2.55. The molecule has 0 saturated heterocycles. The summed E-state index contributed by atoms with van der Waals surface area (Å²) in [6.07, 6.45) is 0. The maximum atomic E-state index is 8.98. The summed E-state index contributed by atoms with van der Waals surface area (Å²) < 4.78 is 3.29. The standard InChI is InChI=1S/C9H6Br2OS/c10-7-2-1-5-3-6(4-12)13-9(5)8(7)11/h1-3,12H,4H2. The van der Waals surface area contributed by atoms with Crippen molar-refractivity contribution in [1.82, 2.24) is 0 Å². The number of rotatable bonds is 1. The fourth-order valence-corrected chi connectivity index (χ4v) is 3.20. The Bertz CT molecular complexity index is 450. The second kappa shape index (κ2) is 3.69. The predicted molar refractivity (Wildman–Crippen MR) is 63.1 cm³/mol. The van der Waals surface area contributed by atoms with Crippen LogP contribution in [0.25, 0.3) is 10.1 Å². The zero-order valence-electron chi connectivity index (χ0n) is 6.55. The first-order chi connectivity index (χ1) is 6.22. The first-order valence-corrected chi connectivity index (χ1v) is 6.10. The largest absolute Gasteiger partial charge is 0.391 e. The monoisotopic (exact) mass is 320 g/mol. The SMILES string of the molecule is OCc1cc2ccc(Br)c(Br)c2s1. The van der Waals surface area contributed by atoms with Crippen molar-refractivity contribution >= 4 is 53.3 Å². The summed E-state index contributed by atoms with van der Waals surface area (Å²) in [5.41, 5.74) is 0. The molecule has 0 aliphatic rings. The molecule has 1 aromatic carbocycles. The molecule has 2 rings (SSSR count). The molecule has 0 atom stereocenters. The molecule has 0 amide bonds. The van der Waals surface area contributed by atoms with E-state index in [9.17, 15) is 0 Å². The molecule has 68 valence electrons. The van der Waals surface area contributed by atoms with Gasteiger partial charge in [-0.25, -0.2) is 0 Å². The Balaban J connectivity index is 2.76. The third kappa shape index (κ3) is 1.68. The van der Waals surface area contributed by atoms with Gasteiger partial charge in [-0.15, -0.1) is 11.3 Å². The Morgan fingerprint density at radius 1 is 1.31 bits per heavy atom. The van der Waals surface area contributed by atoms with E-state index in [1.807, 2.05) is 18.2 Å². The van der Waals surface area contributed by atoms with Crippen LogP contribution in [0.4, 0.5) is 0 Å². The summed E-state index contributed by atoms with van der Waals surface area (Å²) in [5.74, 6) is 0. The van der Waals surface area contributed by atoms with E-state index in [0.29, 0.717) is 0 Å². The second-order valence-electron chi connectivity index (χ2n) is 2.65. The lowest BCUT2D eigenvalue weighted by Gasteiger charge is -1.95. The summed E-state index contributed by atoms with van der Waals surface area (Å²) in [6, 6.07) is 6.05. The third-order valence-corrected chi connectivity index (χ3v) is 5.22. The molecule has 0 bridgehead atoms. The molecule has 0 radical (unpaired) electrons. The minimum Gasteiger partial charge on any atom is -0.391 e. The summed E-state index contributed by atoms with van der Waals surface area (Å²) >= 11 is 8.56. The topological polar surface area (TPSA) is 20.2 Å². The Kier molecular flexibility index (Phi) is 2.74. The highest BCUT2D eigenvalue weighted by Gasteiger charge is 2.06. The van der Waals surface area contributed by atoms with Crippen molar-refractivity contribution in [3.63, 3.8) is 0 Å². The Labute approximate surface area is 96.6 Å². The highest BCUT2D eigenvalue weighted by atomic mass is 79.9. The smallest absolute Gasteiger partial charge is 0.0774 e. The van der Waals surface area contributed by atoms with Crippen molar-refractivity contribution in [2.75, 3.05) is 0 Å². The maximum Gasteiger partial charge on any atom is 0.0774 e. The zero-order chi connectivity index (χ0) is 9.42. The van der Waals surface area contributed by atoms with Crippen LogP contribution in [0.5, 0.6) is 0 Å². The predicted octanol–water partition coefficient (Wildman–Crippen LogP) is 3.92. The molecule has 0 aliphatic heterocycles. The second-order valence-corrected chi connectivity index (χ2v) is 5.43. The molecule has 0 fully saturated rings. The molecule has 0 unspecified atom stereocenters. The van der Waals surface area contributed by atoms with Gasteiger partial charge in [0.1, 0.15) is 0 Å². The van der Waals surface area contributed by atoms with Gasteiger partial charge in [0.25, 0.3) is 0 Å². The fraction of sp³-hybridized carbons (Fsp3) is 0.111. The Morgan fingerprint density at radius 2 is 2.08 bits per heavy atom. The van der Waals surface area contributed by atoms with Gasteiger partial charge < -0.3 is 5.11 Å². The third-order valence-electron chi connectivity index (χ3n) is 1.79. The van der Waals surface area contributed by atoms with Crippen LogP contribution in [0, 0.1) is 0 Å². The first kappa shape index (κ1) is 9.65. The van der Waals surface area contributed by atoms with Gasteiger partial charge in [-0.2, -0.15) is 0 Å². The van der Waals surface area contributed by atoms with Crippen LogP contribution in [0.1, 0.15) is 4.88 Å². The minimum absolute atomic E-state index is 0.114. The summed E-state index contributed by atoms with van der Waals surface area (Å²) in [5, 5.41) is 10.2. The average molecular weight is 322 g/mol. The Morgan fingerprint density at radius 3 is 2.77 bits per heavy atom. The van der Waals surface area contributed by atoms with Crippen LogP contribution in [-0.4, -0.2) is 5.11 Å². The van der Waals surface area contributed by atoms with Gasteiger partial charge in [0, 0.05) is 18.5 Å². The molecule has 4 heteroatoms. The molecule has 1 heterocycles. The molecular weight excluding hydrogens is 316 g/mol. The van der Waals surface area contributed by atoms with Crippen molar-refractivity contribution in [2.24, 2.45) is 0 Å². The molecule has 1 aromatic heterocycles. The number of halogens is 2. The lowest BCUT2D eigenvalue weighted by Crippen LogP contribution is -1.70. The van der Waals surface area contributed by atoms with E-state index in [1.54, 1.807) is 11.3 Å². The van der Waals surface area contributed by atoms with E-state index in [2.05, 4.69) is 31.9 Å². The lowest BCUT2D eigenvalue weighted by atomic mass is 10.2. The van der Waals surface area contributed by atoms with Crippen LogP contribution >= 0.6 is 43.2 Å². The summed E-state index contributed by atoms with van der Waals surface area (Å²) in [6.45, 7) is 0.114. The number of benzene rings is 1. The van der Waals surface area contributed by atoms with E-state index >= 15 is 0 Å². The molecule has 0 spiro atoms. The van der Waals surface area contributed by atoms with Gasteiger partial charge in [0.15, 0.2) is 0 Å². The number of aliphatic hydroxyl groups excluding tert-OH is 1. The quantitative estimate of drug-likeness (QED) is 0.844. The maximum absolute atomic E-state index is 8.98. The van der Waals surface area contributed by atoms with Gasteiger partial charge in [-0.1, -0.05) is 6.07 Å². The van der Waals surface area contributed by atoms with Crippen LogP contribution in [0.2, 0.25) is 0 Å². The van der Waals surface area contributed by atoms with Crippen LogP contribution in [-0.2, 0) is 6.61 Å². The number of aliphatic hydroxyl groups is 1. The van der Waals surface area contributed by atoms with Gasteiger partial charge in [0.2, 0.25) is 0 Å². The number of fused-ring (bicyclic) bond motifs is 1. The van der Waals surface area contributed by atoms with E-state index in [-0.39, 0.29) is 6.61 Å². The molecule has 1 nitrogen and oxygen atoms in total. The molecule has 0 saturated carbocycles. The molecule has 1 N–H and O–H groups in total. The van der Waals surface area contributed by atoms with Gasteiger partial charge >= 0.3 is 0 Å². The van der Waals surface area contributed by atoms with Crippen molar-refractivity contribution in [1.29, 1.82) is 0 Å². The minimum atomic E-state index is 0.114. The zero-order valence-corrected chi connectivity index (χ0v) is 10.5. The highest BCUT2D eigenvalue weighted by Crippen LogP contribution is 2.36. The molecule has 0 aliphatic carbocycles. The summed E-state index contributed by atoms with van der Waals surface area (Å²) in [7, 11) is 0.